The Morgan fingerprint density at radius 1 is 1.08 bits per heavy atom. The average Bonchev–Trinajstić information content (AvgIpc) is 3.14. The van der Waals surface area contributed by atoms with Gasteiger partial charge in [-0.25, -0.2) is 0 Å². The number of anilines is 1. The molecular formula is C22H27NO3. The van der Waals surface area contributed by atoms with E-state index in [9.17, 15) is 4.79 Å². The molecular weight excluding hydrogens is 326 g/mol. The molecule has 0 aliphatic heterocycles. The molecule has 1 aliphatic rings. The fraction of sp³-hybridized carbons (Fsp3) is 0.409. The lowest BCUT2D eigenvalue weighted by molar-refractivity contribution is -0.116. The molecule has 3 rings (SSSR count). The van der Waals surface area contributed by atoms with E-state index in [0.29, 0.717) is 25.6 Å². The molecule has 0 atom stereocenters. The third-order valence-electron chi connectivity index (χ3n) is 4.67. The number of rotatable bonds is 8. The number of benzene rings is 2. The van der Waals surface area contributed by atoms with Gasteiger partial charge in [-0.05, 0) is 67.5 Å². The highest BCUT2D eigenvalue weighted by molar-refractivity contribution is 5.90. The summed E-state index contributed by atoms with van der Waals surface area (Å²) >= 11 is 0. The van der Waals surface area contributed by atoms with E-state index in [0.717, 1.165) is 35.4 Å². The number of carbonyl (C=O) groups excluding carboxylic acids is 1. The second kappa shape index (κ2) is 9.39. The van der Waals surface area contributed by atoms with Crippen LogP contribution in [0.25, 0.3) is 0 Å². The highest BCUT2D eigenvalue weighted by Gasteiger charge is 2.16. The Morgan fingerprint density at radius 2 is 1.85 bits per heavy atom. The van der Waals surface area contributed by atoms with Crippen LogP contribution in [0.4, 0.5) is 5.69 Å². The first kappa shape index (κ1) is 18.5. The maximum Gasteiger partial charge on any atom is 0.224 e. The van der Waals surface area contributed by atoms with Gasteiger partial charge in [0.05, 0.1) is 12.7 Å². The predicted octanol–water partition coefficient (Wildman–Crippen LogP) is 4.73. The molecule has 2 aromatic carbocycles. The van der Waals surface area contributed by atoms with Gasteiger partial charge in [0.1, 0.15) is 5.75 Å². The fourth-order valence-electron chi connectivity index (χ4n) is 3.36. The maximum absolute atomic E-state index is 12.2. The van der Waals surface area contributed by atoms with Gasteiger partial charge in [0.25, 0.3) is 0 Å². The van der Waals surface area contributed by atoms with Crippen LogP contribution >= 0.6 is 0 Å². The van der Waals surface area contributed by atoms with Crippen molar-refractivity contribution in [1.82, 2.24) is 0 Å². The molecule has 1 aliphatic carbocycles. The summed E-state index contributed by atoms with van der Waals surface area (Å²) in [5.41, 5.74) is 2.98. The van der Waals surface area contributed by atoms with Gasteiger partial charge in [-0.3, -0.25) is 4.79 Å². The molecule has 0 aromatic heterocycles. The van der Waals surface area contributed by atoms with Crippen LogP contribution in [0.5, 0.6) is 5.75 Å². The fourth-order valence-corrected chi connectivity index (χ4v) is 3.36. The predicted molar refractivity (Wildman–Crippen MR) is 103 cm³/mol. The van der Waals surface area contributed by atoms with Crippen molar-refractivity contribution >= 4 is 11.6 Å². The van der Waals surface area contributed by atoms with Crippen molar-refractivity contribution in [3.63, 3.8) is 0 Å². The number of amides is 1. The van der Waals surface area contributed by atoms with Crippen LogP contribution in [0.3, 0.4) is 0 Å². The molecule has 1 saturated carbocycles. The second-order valence-corrected chi connectivity index (χ2v) is 6.85. The summed E-state index contributed by atoms with van der Waals surface area (Å²) in [7, 11) is 1.66. The van der Waals surface area contributed by atoms with Gasteiger partial charge in [-0.15, -0.1) is 0 Å². The number of ether oxygens (including phenoxy) is 2. The highest BCUT2D eigenvalue weighted by atomic mass is 16.5. The monoisotopic (exact) mass is 353 g/mol. The lowest BCUT2D eigenvalue weighted by Gasteiger charge is -2.14. The Hall–Kier alpha value is -2.33. The summed E-state index contributed by atoms with van der Waals surface area (Å²) in [5.74, 6) is 0.934. The van der Waals surface area contributed by atoms with E-state index < -0.39 is 0 Å². The van der Waals surface area contributed by atoms with Crippen LogP contribution in [0.2, 0.25) is 0 Å². The van der Waals surface area contributed by atoms with Gasteiger partial charge in [-0.1, -0.05) is 24.3 Å². The quantitative estimate of drug-likeness (QED) is 0.746. The molecule has 0 bridgehead atoms. The molecule has 4 nitrogen and oxygen atoms in total. The topological polar surface area (TPSA) is 47.6 Å². The number of methoxy groups -OCH3 is 1. The molecule has 1 amide bonds. The van der Waals surface area contributed by atoms with Crippen LogP contribution < -0.4 is 10.1 Å². The first-order valence-corrected chi connectivity index (χ1v) is 9.36. The molecule has 0 radical (unpaired) electrons. The number of hydrogen-bond acceptors (Lipinski definition) is 3. The standard InChI is InChI=1S/C22H27NO3/c1-25-16-18-7-4-8-19(14-18)23-22(24)13-12-17-6-5-11-21(15-17)26-20-9-2-3-10-20/h4-8,11,14-15,20H,2-3,9-10,12-13,16H2,1H3,(H,23,24). The summed E-state index contributed by atoms with van der Waals surface area (Å²) in [5, 5.41) is 2.96. The lowest BCUT2D eigenvalue weighted by atomic mass is 10.1. The van der Waals surface area contributed by atoms with Crippen molar-refractivity contribution in [2.24, 2.45) is 0 Å². The zero-order chi connectivity index (χ0) is 18.2. The van der Waals surface area contributed by atoms with E-state index in [1.54, 1.807) is 7.11 Å². The van der Waals surface area contributed by atoms with Crippen LogP contribution in [0, 0.1) is 0 Å². The summed E-state index contributed by atoms with van der Waals surface area (Å²) in [6.07, 6.45) is 6.32. The molecule has 0 unspecified atom stereocenters. The van der Waals surface area contributed by atoms with Crippen LogP contribution in [0.1, 0.15) is 43.2 Å². The minimum atomic E-state index is 0.0154. The van der Waals surface area contributed by atoms with Gasteiger partial charge in [-0.2, -0.15) is 0 Å². The van der Waals surface area contributed by atoms with Gasteiger partial charge in [0, 0.05) is 19.2 Å². The van der Waals surface area contributed by atoms with Gasteiger partial charge >= 0.3 is 0 Å². The second-order valence-electron chi connectivity index (χ2n) is 6.85. The molecule has 0 heterocycles. The van der Waals surface area contributed by atoms with Crippen LogP contribution in [0.15, 0.2) is 48.5 Å². The lowest BCUT2D eigenvalue weighted by Crippen LogP contribution is -2.13. The zero-order valence-corrected chi connectivity index (χ0v) is 15.4. The van der Waals surface area contributed by atoms with Crippen molar-refractivity contribution in [3.8, 4) is 5.75 Å². The highest BCUT2D eigenvalue weighted by Crippen LogP contribution is 2.25. The third kappa shape index (κ3) is 5.60. The number of hydrogen-bond donors (Lipinski definition) is 1. The van der Waals surface area contributed by atoms with E-state index in [1.807, 2.05) is 42.5 Å². The Balaban J connectivity index is 1.50. The Bertz CT molecular complexity index is 723. The van der Waals surface area contributed by atoms with Crippen molar-refractivity contribution in [1.29, 1.82) is 0 Å². The van der Waals surface area contributed by atoms with Gasteiger partial charge in [0.2, 0.25) is 5.91 Å². The molecule has 1 N–H and O–H groups in total. The van der Waals surface area contributed by atoms with E-state index in [2.05, 4.69) is 11.4 Å². The molecule has 26 heavy (non-hydrogen) atoms. The van der Waals surface area contributed by atoms with E-state index in [-0.39, 0.29) is 5.91 Å². The molecule has 4 heteroatoms. The SMILES string of the molecule is COCc1cccc(NC(=O)CCc2cccc(OC3CCCC3)c2)c1. The van der Waals surface area contributed by atoms with E-state index in [1.165, 1.54) is 12.8 Å². The zero-order valence-electron chi connectivity index (χ0n) is 15.4. The molecule has 0 saturated heterocycles. The molecule has 138 valence electrons. The van der Waals surface area contributed by atoms with Crippen molar-refractivity contribution < 1.29 is 14.3 Å². The van der Waals surface area contributed by atoms with Gasteiger partial charge in [0.15, 0.2) is 0 Å². The smallest absolute Gasteiger partial charge is 0.224 e. The van der Waals surface area contributed by atoms with Crippen molar-refractivity contribution in [3.05, 3.63) is 59.7 Å². The summed E-state index contributed by atoms with van der Waals surface area (Å²) < 4.78 is 11.2. The number of carbonyl (C=O) groups is 1. The molecule has 1 fully saturated rings. The summed E-state index contributed by atoms with van der Waals surface area (Å²) in [6.45, 7) is 0.539. The molecule has 0 spiro atoms. The van der Waals surface area contributed by atoms with Gasteiger partial charge < -0.3 is 14.8 Å². The van der Waals surface area contributed by atoms with Crippen molar-refractivity contribution in [2.45, 2.75) is 51.2 Å². The minimum absolute atomic E-state index is 0.0154. The number of nitrogens with one attached hydrogen (secondary N) is 1. The Morgan fingerprint density at radius 3 is 2.65 bits per heavy atom. The normalized spacial score (nSPS) is 14.3. The maximum atomic E-state index is 12.2. The van der Waals surface area contributed by atoms with Crippen LogP contribution in [-0.2, 0) is 22.6 Å². The minimum Gasteiger partial charge on any atom is -0.490 e. The van der Waals surface area contributed by atoms with Crippen molar-refractivity contribution in [2.75, 3.05) is 12.4 Å². The average molecular weight is 353 g/mol. The number of aryl methyl sites for hydroxylation is 1. The Labute approximate surface area is 155 Å². The first-order valence-electron chi connectivity index (χ1n) is 9.36. The van der Waals surface area contributed by atoms with E-state index in [4.69, 9.17) is 9.47 Å². The largest absolute Gasteiger partial charge is 0.490 e. The summed E-state index contributed by atoms with van der Waals surface area (Å²) in [4.78, 5) is 12.2. The van der Waals surface area contributed by atoms with E-state index >= 15 is 0 Å². The van der Waals surface area contributed by atoms with Crippen LogP contribution in [-0.4, -0.2) is 19.1 Å². The Kier molecular flexibility index (Phi) is 6.67. The first-order chi connectivity index (χ1) is 12.7. The third-order valence-corrected chi connectivity index (χ3v) is 4.67. The summed E-state index contributed by atoms with van der Waals surface area (Å²) in [6, 6.07) is 15.9. The molecule has 2 aromatic rings.